The number of benzene rings is 2. The van der Waals surface area contributed by atoms with Crippen molar-refractivity contribution >= 4 is 28.9 Å². The first-order valence-corrected chi connectivity index (χ1v) is 13.4. The SMILES string of the molecule is Cc1cc(C)cc(Nc2ncc3c(n2)CCN(C2CCN(C(=O)c4ccc5c(c4)NCN5)CC2)CC3)c1. The van der Waals surface area contributed by atoms with Gasteiger partial charge in [0.2, 0.25) is 5.95 Å². The predicted molar refractivity (Wildman–Crippen MR) is 148 cm³/mol. The molecule has 0 radical (unpaired) electrons. The van der Waals surface area contributed by atoms with Crippen molar-refractivity contribution in [2.45, 2.75) is 45.6 Å². The van der Waals surface area contributed by atoms with Crippen molar-refractivity contribution in [2.75, 3.05) is 48.8 Å². The van der Waals surface area contributed by atoms with E-state index in [1.54, 1.807) is 0 Å². The number of rotatable bonds is 4. The zero-order valence-corrected chi connectivity index (χ0v) is 21.7. The normalized spacial score (nSPS) is 17.8. The maximum absolute atomic E-state index is 13.1. The minimum absolute atomic E-state index is 0.136. The summed E-state index contributed by atoms with van der Waals surface area (Å²) in [6.07, 6.45) is 5.91. The van der Waals surface area contributed by atoms with E-state index in [1.165, 1.54) is 16.7 Å². The Morgan fingerprint density at radius 2 is 1.70 bits per heavy atom. The van der Waals surface area contributed by atoms with Gasteiger partial charge in [0.1, 0.15) is 0 Å². The molecular weight excluding hydrogens is 462 g/mol. The third-order valence-electron chi connectivity index (χ3n) is 7.83. The minimum atomic E-state index is 0.136. The Hall–Kier alpha value is -3.65. The summed E-state index contributed by atoms with van der Waals surface area (Å²) in [5.74, 6) is 0.805. The summed E-state index contributed by atoms with van der Waals surface area (Å²) in [7, 11) is 0. The third-order valence-corrected chi connectivity index (χ3v) is 7.83. The number of hydrogen-bond acceptors (Lipinski definition) is 7. The van der Waals surface area contributed by atoms with Gasteiger partial charge in [0.05, 0.1) is 23.7 Å². The zero-order valence-electron chi connectivity index (χ0n) is 21.7. The Labute approximate surface area is 218 Å². The van der Waals surface area contributed by atoms with Crippen LogP contribution >= 0.6 is 0 Å². The van der Waals surface area contributed by atoms with Gasteiger partial charge in [-0.3, -0.25) is 9.69 Å². The number of amides is 1. The van der Waals surface area contributed by atoms with Gasteiger partial charge in [0, 0.05) is 56.1 Å². The average molecular weight is 498 g/mol. The molecule has 0 bridgehead atoms. The van der Waals surface area contributed by atoms with E-state index in [2.05, 4.69) is 57.9 Å². The molecule has 3 N–H and O–H groups in total. The highest BCUT2D eigenvalue weighted by atomic mass is 16.2. The third kappa shape index (κ3) is 5.11. The van der Waals surface area contributed by atoms with Crippen LogP contribution in [0.3, 0.4) is 0 Å². The number of nitrogens with one attached hydrogen (secondary N) is 3. The Bertz CT molecular complexity index is 1300. The van der Waals surface area contributed by atoms with E-state index in [0.29, 0.717) is 18.7 Å². The van der Waals surface area contributed by atoms with Gasteiger partial charge < -0.3 is 20.9 Å². The van der Waals surface area contributed by atoms with Gasteiger partial charge in [0.15, 0.2) is 0 Å². The summed E-state index contributed by atoms with van der Waals surface area (Å²) >= 11 is 0. The van der Waals surface area contributed by atoms with Crippen LogP contribution in [-0.2, 0) is 12.8 Å². The highest BCUT2D eigenvalue weighted by Gasteiger charge is 2.29. The number of piperidine rings is 1. The summed E-state index contributed by atoms with van der Waals surface area (Å²) in [4.78, 5) is 27.3. The molecule has 1 amide bonds. The van der Waals surface area contributed by atoms with E-state index < -0.39 is 0 Å². The van der Waals surface area contributed by atoms with Crippen molar-refractivity contribution < 1.29 is 4.79 Å². The molecule has 1 saturated heterocycles. The summed E-state index contributed by atoms with van der Waals surface area (Å²) in [6, 6.07) is 12.8. The second kappa shape index (κ2) is 10.0. The minimum Gasteiger partial charge on any atom is -0.366 e. The van der Waals surface area contributed by atoms with Gasteiger partial charge >= 0.3 is 0 Å². The van der Waals surface area contributed by atoms with Gasteiger partial charge in [0.25, 0.3) is 5.91 Å². The van der Waals surface area contributed by atoms with Crippen molar-refractivity contribution in [1.82, 2.24) is 19.8 Å². The van der Waals surface area contributed by atoms with Crippen LogP contribution in [0.15, 0.2) is 42.6 Å². The first-order valence-electron chi connectivity index (χ1n) is 13.4. The van der Waals surface area contributed by atoms with Crippen molar-refractivity contribution in [2.24, 2.45) is 0 Å². The topological polar surface area (TPSA) is 85.4 Å². The number of fused-ring (bicyclic) bond motifs is 2. The van der Waals surface area contributed by atoms with Crippen LogP contribution in [0.1, 0.15) is 45.6 Å². The highest BCUT2D eigenvalue weighted by molar-refractivity contribution is 5.96. The molecule has 8 nitrogen and oxygen atoms in total. The fourth-order valence-electron chi connectivity index (χ4n) is 5.92. The molecule has 1 fully saturated rings. The van der Waals surface area contributed by atoms with E-state index in [1.807, 2.05) is 29.3 Å². The molecule has 3 aliphatic rings. The van der Waals surface area contributed by atoms with Crippen LogP contribution in [0.25, 0.3) is 0 Å². The summed E-state index contributed by atoms with van der Waals surface area (Å²) in [5, 5.41) is 9.94. The number of aryl methyl sites for hydroxylation is 2. The predicted octanol–water partition coefficient (Wildman–Crippen LogP) is 4.34. The highest BCUT2D eigenvalue weighted by Crippen LogP contribution is 2.28. The number of hydrogen-bond donors (Lipinski definition) is 3. The fraction of sp³-hybridized carbons (Fsp3) is 0.414. The standard InChI is InChI=1S/C29H35N7O/c1-19-13-20(2)15-23(14-19)33-29-30-17-22-5-9-35(12-8-25(22)34-29)24-6-10-36(11-7-24)28(37)21-3-4-26-27(16-21)32-18-31-26/h3-4,13-17,24,31-32H,5-12,18H2,1-2H3,(H,30,33,34). The lowest BCUT2D eigenvalue weighted by atomic mass is 10.0. The molecule has 0 atom stereocenters. The van der Waals surface area contributed by atoms with E-state index in [4.69, 9.17) is 4.98 Å². The van der Waals surface area contributed by atoms with E-state index in [0.717, 1.165) is 80.2 Å². The Kier molecular flexibility index (Phi) is 6.42. The second-order valence-corrected chi connectivity index (χ2v) is 10.5. The van der Waals surface area contributed by atoms with Crippen molar-refractivity contribution in [1.29, 1.82) is 0 Å². The van der Waals surface area contributed by atoms with Crippen molar-refractivity contribution in [3.63, 3.8) is 0 Å². The molecule has 2 aromatic carbocycles. The van der Waals surface area contributed by atoms with Gasteiger partial charge in [-0.15, -0.1) is 0 Å². The van der Waals surface area contributed by atoms with Crippen molar-refractivity contribution in [3.05, 3.63) is 70.5 Å². The number of nitrogens with zero attached hydrogens (tertiary/aromatic N) is 4. The zero-order chi connectivity index (χ0) is 25.4. The molecule has 8 heteroatoms. The summed E-state index contributed by atoms with van der Waals surface area (Å²) in [6.45, 7) is 8.55. The van der Waals surface area contributed by atoms with Gasteiger partial charge in [-0.05, 0) is 80.1 Å². The average Bonchev–Trinajstić information content (AvgIpc) is 3.26. The molecule has 0 unspecified atom stereocenters. The van der Waals surface area contributed by atoms with E-state index >= 15 is 0 Å². The maximum atomic E-state index is 13.1. The first kappa shape index (κ1) is 23.7. The first-order chi connectivity index (χ1) is 18.0. The van der Waals surface area contributed by atoms with Crippen LogP contribution in [0, 0.1) is 13.8 Å². The van der Waals surface area contributed by atoms with Crippen LogP contribution in [-0.4, -0.2) is 64.6 Å². The number of anilines is 4. The van der Waals surface area contributed by atoms with Crippen LogP contribution in [0.4, 0.5) is 23.0 Å². The molecule has 0 spiro atoms. The number of aromatic nitrogens is 2. The number of likely N-dealkylation sites (tertiary alicyclic amines) is 1. The quantitative estimate of drug-likeness (QED) is 0.495. The number of carbonyl (C=O) groups excluding carboxylic acids is 1. The van der Waals surface area contributed by atoms with Gasteiger partial charge in [-0.1, -0.05) is 6.07 Å². The van der Waals surface area contributed by atoms with Crippen LogP contribution in [0.5, 0.6) is 0 Å². The molecule has 1 aromatic heterocycles. The Morgan fingerprint density at radius 1 is 0.946 bits per heavy atom. The molecule has 6 rings (SSSR count). The molecule has 3 aromatic rings. The molecule has 0 saturated carbocycles. The maximum Gasteiger partial charge on any atom is 0.253 e. The molecule has 4 heterocycles. The lowest BCUT2D eigenvalue weighted by molar-refractivity contribution is 0.0624. The number of carbonyl (C=O) groups is 1. The Balaban J connectivity index is 1.05. The summed E-state index contributed by atoms with van der Waals surface area (Å²) < 4.78 is 0. The van der Waals surface area contributed by atoms with Gasteiger partial charge in [-0.25, -0.2) is 9.97 Å². The molecule has 0 aliphatic carbocycles. The lowest BCUT2D eigenvalue weighted by Gasteiger charge is -2.38. The van der Waals surface area contributed by atoms with E-state index in [9.17, 15) is 4.79 Å². The second-order valence-electron chi connectivity index (χ2n) is 10.5. The van der Waals surface area contributed by atoms with E-state index in [-0.39, 0.29) is 5.91 Å². The van der Waals surface area contributed by atoms with Crippen molar-refractivity contribution in [3.8, 4) is 0 Å². The molecule has 3 aliphatic heterocycles. The van der Waals surface area contributed by atoms with Gasteiger partial charge in [-0.2, -0.15) is 0 Å². The molecule has 37 heavy (non-hydrogen) atoms. The molecular formula is C29H35N7O. The molecule has 192 valence electrons. The lowest BCUT2D eigenvalue weighted by Crippen LogP contribution is -2.47. The largest absolute Gasteiger partial charge is 0.366 e. The fourth-order valence-corrected chi connectivity index (χ4v) is 5.92. The van der Waals surface area contributed by atoms with Crippen LogP contribution in [0.2, 0.25) is 0 Å². The van der Waals surface area contributed by atoms with Crippen LogP contribution < -0.4 is 16.0 Å². The Morgan fingerprint density at radius 3 is 2.51 bits per heavy atom. The smallest absolute Gasteiger partial charge is 0.253 e. The summed E-state index contributed by atoms with van der Waals surface area (Å²) in [5.41, 5.74) is 8.72. The monoisotopic (exact) mass is 497 g/mol.